The molecule has 0 aliphatic heterocycles. The number of nitrogens with one attached hydrogen (secondary N) is 2. The molecule has 7 nitrogen and oxygen atoms in total. The van der Waals surface area contributed by atoms with E-state index in [0.717, 1.165) is 35.0 Å². The lowest BCUT2D eigenvalue weighted by atomic mass is 10.0. The Hall–Kier alpha value is -3.82. The number of aromatic amines is 1. The Morgan fingerprint density at radius 1 is 1.07 bits per heavy atom. The molecule has 3 rings (SSSR count). The minimum absolute atomic E-state index is 0.122. The van der Waals surface area contributed by atoms with Crippen molar-refractivity contribution in [3.8, 4) is 5.69 Å². The van der Waals surface area contributed by atoms with E-state index in [9.17, 15) is 27.6 Å². The van der Waals surface area contributed by atoms with Crippen molar-refractivity contribution in [1.29, 1.82) is 0 Å². The largest absolute Gasteiger partial charge is 0.481 e. The third-order valence-electron chi connectivity index (χ3n) is 4.06. The molecule has 2 aromatic carbocycles. The Morgan fingerprint density at radius 2 is 1.72 bits per heavy atom. The van der Waals surface area contributed by atoms with E-state index in [1.807, 2.05) is 0 Å². The molecule has 29 heavy (non-hydrogen) atoms. The fraction of sp³-hybridized carbons (Fsp3) is 0.105. The summed E-state index contributed by atoms with van der Waals surface area (Å²) in [5.41, 5.74) is -1.48. The molecule has 0 spiro atoms. The molecule has 0 bridgehead atoms. The van der Waals surface area contributed by atoms with Crippen LogP contribution in [0.25, 0.3) is 5.69 Å². The SMILES string of the molecule is O=C(O)C[C@H](NC(=O)c1cc(=O)n(-c2cccc(F)c2)[nH]1)c1c(F)cccc1F. The van der Waals surface area contributed by atoms with E-state index in [-0.39, 0.29) is 11.4 Å². The summed E-state index contributed by atoms with van der Waals surface area (Å²) in [6.45, 7) is 0. The number of nitrogens with zero attached hydrogens (tertiary/aromatic N) is 1. The average molecular weight is 405 g/mol. The van der Waals surface area contributed by atoms with E-state index in [4.69, 9.17) is 5.11 Å². The number of halogens is 3. The van der Waals surface area contributed by atoms with Crippen molar-refractivity contribution in [3.05, 3.63) is 87.6 Å². The number of benzene rings is 2. The van der Waals surface area contributed by atoms with Gasteiger partial charge in [0.05, 0.1) is 18.2 Å². The topological polar surface area (TPSA) is 104 Å². The van der Waals surface area contributed by atoms with E-state index >= 15 is 0 Å². The van der Waals surface area contributed by atoms with Crippen molar-refractivity contribution in [2.75, 3.05) is 0 Å². The zero-order chi connectivity index (χ0) is 21.1. The molecule has 10 heteroatoms. The first-order valence-electron chi connectivity index (χ1n) is 8.31. The van der Waals surface area contributed by atoms with E-state index in [2.05, 4.69) is 10.4 Å². The van der Waals surface area contributed by atoms with Gasteiger partial charge in [-0.05, 0) is 30.3 Å². The van der Waals surface area contributed by atoms with Gasteiger partial charge in [-0.1, -0.05) is 12.1 Å². The third-order valence-corrected chi connectivity index (χ3v) is 4.06. The summed E-state index contributed by atoms with van der Waals surface area (Å²) in [6.07, 6.45) is -0.793. The summed E-state index contributed by atoms with van der Waals surface area (Å²) in [4.78, 5) is 35.7. The van der Waals surface area contributed by atoms with Gasteiger partial charge in [0.2, 0.25) is 0 Å². The molecule has 0 aliphatic carbocycles. The Kier molecular flexibility index (Phi) is 5.53. The summed E-state index contributed by atoms with van der Waals surface area (Å²) < 4.78 is 42.4. The highest BCUT2D eigenvalue weighted by Crippen LogP contribution is 2.24. The number of hydrogen-bond acceptors (Lipinski definition) is 3. The van der Waals surface area contributed by atoms with Crippen LogP contribution < -0.4 is 10.9 Å². The maximum absolute atomic E-state index is 14.0. The standard InChI is InChI=1S/C19H14F3N3O4/c20-10-3-1-4-11(7-10)25-16(26)8-15(24-25)19(29)23-14(9-17(27)28)18-12(21)5-2-6-13(18)22/h1-8,14,24H,9H2,(H,23,29)(H,27,28)/t14-/m0/s1. The Labute approximate surface area is 161 Å². The normalized spacial score (nSPS) is 11.8. The van der Waals surface area contributed by atoms with E-state index in [1.165, 1.54) is 18.2 Å². The van der Waals surface area contributed by atoms with Crippen LogP contribution >= 0.6 is 0 Å². The highest BCUT2D eigenvalue weighted by molar-refractivity contribution is 5.92. The van der Waals surface area contributed by atoms with Gasteiger partial charge in [-0.3, -0.25) is 19.5 Å². The van der Waals surface area contributed by atoms with Crippen LogP contribution in [0, 0.1) is 17.5 Å². The number of hydrogen-bond donors (Lipinski definition) is 3. The predicted octanol–water partition coefficient (Wildman–Crippen LogP) is 2.53. The molecular formula is C19H14F3N3O4. The van der Waals surface area contributed by atoms with Crippen LogP contribution in [0.15, 0.2) is 53.3 Å². The number of aromatic nitrogens is 2. The van der Waals surface area contributed by atoms with Crippen LogP contribution in [0.3, 0.4) is 0 Å². The van der Waals surface area contributed by atoms with Crippen molar-refractivity contribution in [2.45, 2.75) is 12.5 Å². The summed E-state index contributed by atoms with van der Waals surface area (Å²) in [6, 6.07) is 7.35. The average Bonchev–Trinajstić information content (AvgIpc) is 3.03. The molecule has 1 atom stereocenters. The van der Waals surface area contributed by atoms with Crippen molar-refractivity contribution < 1.29 is 27.9 Å². The lowest BCUT2D eigenvalue weighted by molar-refractivity contribution is -0.137. The molecule has 150 valence electrons. The number of amides is 1. The van der Waals surface area contributed by atoms with Crippen LogP contribution in [-0.2, 0) is 4.79 Å². The molecule has 1 amide bonds. The number of aliphatic carboxylic acids is 1. The van der Waals surface area contributed by atoms with Crippen LogP contribution in [0.4, 0.5) is 13.2 Å². The molecule has 3 aromatic rings. The molecule has 0 aliphatic rings. The molecule has 0 radical (unpaired) electrons. The number of carbonyl (C=O) groups is 2. The first-order valence-corrected chi connectivity index (χ1v) is 8.31. The van der Waals surface area contributed by atoms with Crippen molar-refractivity contribution in [1.82, 2.24) is 15.1 Å². The number of rotatable bonds is 6. The van der Waals surface area contributed by atoms with Gasteiger partial charge >= 0.3 is 5.97 Å². The first kappa shape index (κ1) is 19.9. The maximum Gasteiger partial charge on any atom is 0.305 e. The fourth-order valence-electron chi connectivity index (χ4n) is 2.80. The maximum atomic E-state index is 14.0. The zero-order valence-electron chi connectivity index (χ0n) is 14.7. The quantitative estimate of drug-likeness (QED) is 0.586. The highest BCUT2D eigenvalue weighted by atomic mass is 19.1. The monoisotopic (exact) mass is 405 g/mol. The Bertz CT molecular complexity index is 1120. The minimum Gasteiger partial charge on any atom is -0.481 e. The van der Waals surface area contributed by atoms with E-state index < -0.39 is 52.9 Å². The van der Waals surface area contributed by atoms with Crippen LogP contribution in [0.2, 0.25) is 0 Å². The Balaban J connectivity index is 1.92. The molecule has 0 fully saturated rings. The smallest absolute Gasteiger partial charge is 0.305 e. The van der Waals surface area contributed by atoms with Gasteiger partial charge in [-0.2, -0.15) is 0 Å². The van der Waals surface area contributed by atoms with Gasteiger partial charge in [0, 0.05) is 11.6 Å². The van der Waals surface area contributed by atoms with E-state index in [1.54, 1.807) is 0 Å². The van der Waals surface area contributed by atoms with Gasteiger partial charge in [0.15, 0.2) is 0 Å². The third kappa shape index (κ3) is 4.37. The highest BCUT2D eigenvalue weighted by Gasteiger charge is 2.26. The number of carbonyl (C=O) groups excluding carboxylic acids is 1. The molecule has 1 heterocycles. The minimum atomic E-state index is -1.53. The molecule has 1 aromatic heterocycles. The van der Waals surface area contributed by atoms with Crippen LogP contribution in [0.1, 0.15) is 28.5 Å². The second kappa shape index (κ2) is 8.05. The lowest BCUT2D eigenvalue weighted by Gasteiger charge is -2.18. The van der Waals surface area contributed by atoms with Gasteiger partial charge in [-0.15, -0.1) is 0 Å². The molecule has 0 unspecified atom stereocenters. The van der Waals surface area contributed by atoms with Crippen molar-refractivity contribution in [2.24, 2.45) is 0 Å². The number of carboxylic acid groups (broad SMARTS) is 1. The van der Waals surface area contributed by atoms with Gasteiger partial charge in [0.1, 0.15) is 23.1 Å². The summed E-state index contributed by atoms with van der Waals surface area (Å²) in [5.74, 6) is -5.02. The van der Waals surface area contributed by atoms with Gasteiger partial charge in [0.25, 0.3) is 11.5 Å². The van der Waals surface area contributed by atoms with Gasteiger partial charge in [-0.25, -0.2) is 17.9 Å². The van der Waals surface area contributed by atoms with Crippen LogP contribution in [-0.4, -0.2) is 26.8 Å². The van der Waals surface area contributed by atoms with Crippen molar-refractivity contribution >= 4 is 11.9 Å². The second-order valence-electron chi connectivity index (χ2n) is 6.08. The predicted molar refractivity (Wildman–Crippen MR) is 95.2 cm³/mol. The van der Waals surface area contributed by atoms with Crippen LogP contribution in [0.5, 0.6) is 0 Å². The lowest BCUT2D eigenvalue weighted by Crippen LogP contribution is -2.31. The number of H-pyrrole nitrogens is 1. The fourth-order valence-corrected chi connectivity index (χ4v) is 2.80. The molecule has 0 saturated carbocycles. The molecular weight excluding hydrogens is 391 g/mol. The Morgan fingerprint density at radius 3 is 2.34 bits per heavy atom. The summed E-state index contributed by atoms with van der Waals surface area (Å²) >= 11 is 0. The summed E-state index contributed by atoms with van der Waals surface area (Å²) in [5, 5.41) is 13.7. The zero-order valence-corrected chi connectivity index (χ0v) is 14.7. The van der Waals surface area contributed by atoms with E-state index in [0.29, 0.717) is 0 Å². The molecule has 0 saturated heterocycles. The first-order chi connectivity index (χ1) is 13.8. The number of carboxylic acids is 1. The molecule has 3 N–H and O–H groups in total. The summed E-state index contributed by atoms with van der Waals surface area (Å²) in [7, 11) is 0. The second-order valence-corrected chi connectivity index (χ2v) is 6.08. The van der Waals surface area contributed by atoms with Gasteiger partial charge < -0.3 is 10.4 Å². The van der Waals surface area contributed by atoms with Crippen molar-refractivity contribution in [3.63, 3.8) is 0 Å².